The number of fused-ring (bicyclic) bond motifs is 1. The molecule has 0 aliphatic heterocycles. The lowest BCUT2D eigenvalue weighted by molar-refractivity contribution is 0.542. The van der Waals surface area contributed by atoms with Gasteiger partial charge in [0.2, 0.25) is 6.41 Å². The number of rotatable bonds is 1. The molecule has 1 heterocycles. The van der Waals surface area contributed by atoms with Gasteiger partial charge in [-0.05, 0) is 12.1 Å². The van der Waals surface area contributed by atoms with Gasteiger partial charge in [0.05, 0.1) is 11.7 Å². The van der Waals surface area contributed by atoms with E-state index in [2.05, 4.69) is 11.2 Å². The van der Waals surface area contributed by atoms with Crippen molar-refractivity contribution in [3.05, 3.63) is 30.5 Å². The summed E-state index contributed by atoms with van der Waals surface area (Å²) in [5, 5.41) is 4.69. The lowest BCUT2D eigenvalue weighted by Gasteiger charge is -1.88. The molecule has 0 unspecified atom stereocenters. The molecule has 0 aliphatic carbocycles. The van der Waals surface area contributed by atoms with Gasteiger partial charge in [-0.25, -0.2) is 4.68 Å². The van der Waals surface area contributed by atoms with Crippen LogP contribution in [0.3, 0.4) is 0 Å². The third-order valence-electron chi connectivity index (χ3n) is 1.52. The summed E-state index contributed by atoms with van der Waals surface area (Å²) in [6.45, 7) is 0. The topological polar surface area (TPSA) is 34.9 Å². The minimum absolute atomic E-state index is 0.677. The normalized spacial score (nSPS) is 10.2. The molecule has 53 valence electrons. The van der Waals surface area contributed by atoms with Crippen LogP contribution in [0.15, 0.2) is 24.4 Å². The predicted octanol–water partition coefficient (Wildman–Crippen LogP) is 0.875. The van der Waals surface area contributed by atoms with Crippen LogP contribution < -0.4 is 0 Å². The van der Waals surface area contributed by atoms with Gasteiger partial charge >= 0.3 is 0 Å². The largest absolute Gasteiger partial charge is 0.276 e. The van der Waals surface area contributed by atoms with Crippen molar-refractivity contribution in [1.82, 2.24) is 9.78 Å². The second-order valence-corrected chi connectivity index (χ2v) is 2.16. The van der Waals surface area contributed by atoms with Crippen molar-refractivity contribution in [2.24, 2.45) is 0 Å². The van der Waals surface area contributed by atoms with Crippen molar-refractivity contribution in [2.75, 3.05) is 0 Å². The van der Waals surface area contributed by atoms with E-state index >= 15 is 0 Å². The maximum absolute atomic E-state index is 10.4. The summed E-state index contributed by atoms with van der Waals surface area (Å²) in [4.78, 5) is 10.4. The fraction of sp³-hybridized carbons (Fsp3) is 0. The van der Waals surface area contributed by atoms with Crippen molar-refractivity contribution in [3.8, 4) is 0 Å². The maximum Gasteiger partial charge on any atom is 0.234 e. The third-order valence-corrected chi connectivity index (χ3v) is 1.52. The Balaban J connectivity index is 2.86. The van der Waals surface area contributed by atoms with E-state index in [1.807, 2.05) is 12.1 Å². The highest BCUT2D eigenvalue weighted by Crippen LogP contribution is 2.09. The highest BCUT2D eigenvalue weighted by molar-refractivity contribution is 5.82. The molecule has 0 saturated carbocycles. The monoisotopic (exact) mass is 145 g/mol. The Bertz CT molecular complexity index is 392. The number of hydrogen-bond acceptors (Lipinski definition) is 2. The number of carbonyl (C=O) groups excluding carboxylic acids is 1. The van der Waals surface area contributed by atoms with E-state index in [-0.39, 0.29) is 0 Å². The summed E-state index contributed by atoms with van der Waals surface area (Å²) in [6, 6.07) is 8.40. The Hall–Kier alpha value is -1.64. The van der Waals surface area contributed by atoms with E-state index in [9.17, 15) is 4.79 Å². The zero-order valence-corrected chi connectivity index (χ0v) is 5.69. The second kappa shape index (κ2) is 2.20. The summed E-state index contributed by atoms with van der Waals surface area (Å²) >= 11 is 0. The molecular formula is C8H5N2O. The summed E-state index contributed by atoms with van der Waals surface area (Å²) < 4.78 is 1.28. The zero-order valence-electron chi connectivity index (χ0n) is 5.69. The lowest BCUT2D eigenvalue weighted by Crippen LogP contribution is -1.94. The average Bonchev–Trinajstić information content (AvgIpc) is 2.47. The van der Waals surface area contributed by atoms with Gasteiger partial charge in [-0.2, -0.15) is 5.10 Å². The predicted molar refractivity (Wildman–Crippen MR) is 40.7 cm³/mol. The fourth-order valence-electron chi connectivity index (χ4n) is 1.01. The minimum atomic E-state index is 0.677. The van der Waals surface area contributed by atoms with E-state index in [4.69, 9.17) is 0 Å². The van der Waals surface area contributed by atoms with E-state index in [1.165, 1.54) is 4.68 Å². The Morgan fingerprint density at radius 1 is 1.64 bits per heavy atom. The Morgan fingerprint density at radius 2 is 2.55 bits per heavy atom. The molecular weight excluding hydrogens is 140 g/mol. The molecule has 0 amide bonds. The van der Waals surface area contributed by atoms with Gasteiger partial charge in [-0.3, -0.25) is 4.79 Å². The first-order valence-corrected chi connectivity index (χ1v) is 3.21. The molecule has 1 aromatic heterocycles. The van der Waals surface area contributed by atoms with Crippen molar-refractivity contribution in [3.63, 3.8) is 0 Å². The molecule has 1 radical (unpaired) electrons. The van der Waals surface area contributed by atoms with Crippen LogP contribution in [-0.2, 0) is 4.79 Å². The van der Waals surface area contributed by atoms with Gasteiger partial charge in [-0.1, -0.05) is 12.1 Å². The van der Waals surface area contributed by atoms with Gasteiger partial charge in [0.15, 0.2) is 0 Å². The highest BCUT2D eigenvalue weighted by atomic mass is 16.1. The van der Waals surface area contributed by atoms with Crippen LogP contribution in [-0.4, -0.2) is 16.2 Å². The smallest absolute Gasteiger partial charge is 0.234 e. The molecule has 0 aliphatic rings. The van der Waals surface area contributed by atoms with Crippen molar-refractivity contribution in [1.29, 1.82) is 0 Å². The Labute approximate surface area is 63.2 Å². The molecule has 2 aromatic rings. The molecule has 0 fully saturated rings. The quantitative estimate of drug-likeness (QED) is 0.558. The first kappa shape index (κ1) is 6.09. The Kier molecular flexibility index (Phi) is 1.22. The van der Waals surface area contributed by atoms with E-state index in [0.717, 1.165) is 10.9 Å². The minimum Gasteiger partial charge on any atom is -0.276 e. The van der Waals surface area contributed by atoms with E-state index in [1.54, 1.807) is 12.3 Å². The second-order valence-electron chi connectivity index (χ2n) is 2.16. The fourth-order valence-corrected chi connectivity index (χ4v) is 1.01. The molecule has 0 N–H and O–H groups in total. The summed E-state index contributed by atoms with van der Waals surface area (Å²) in [6.07, 6.45) is 2.29. The first-order chi connectivity index (χ1) is 5.42. The van der Waals surface area contributed by atoms with Gasteiger partial charge in [0.1, 0.15) is 0 Å². The summed E-state index contributed by atoms with van der Waals surface area (Å²) in [5.41, 5.74) is 0.794. The SMILES string of the molecule is O=Cn1ncc2[c]cccc21. The molecule has 0 atom stereocenters. The molecule has 1 aromatic carbocycles. The molecule has 0 spiro atoms. The van der Waals surface area contributed by atoms with E-state index in [0.29, 0.717) is 6.41 Å². The number of aromatic nitrogens is 2. The van der Waals surface area contributed by atoms with Crippen LogP contribution in [0.4, 0.5) is 0 Å². The van der Waals surface area contributed by atoms with Crippen LogP contribution in [0.2, 0.25) is 0 Å². The lowest BCUT2D eigenvalue weighted by atomic mass is 10.3. The molecule has 11 heavy (non-hydrogen) atoms. The van der Waals surface area contributed by atoms with Gasteiger partial charge in [0, 0.05) is 5.39 Å². The third kappa shape index (κ3) is 0.816. The number of benzene rings is 1. The van der Waals surface area contributed by atoms with Gasteiger partial charge in [0.25, 0.3) is 0 Å². The van der Waals surface area contributed by atoms with E-state index < -0.39 is 0 Å². The number of carbonyl (C=O) groups is 1. The van der Waals surface area contributed by atoms with Crippen LogP contribution in [0.1, 0.15) is 0 Å². The zero-order chi connectivity index (χ0) is 7.68. The van der Waals surface area contributed by atoms with Crippen LogP contribution in [0.25, 0.3) is 10.9 Å². The van der Waals surface area contributed by atoms with Crippen LogP contribution in [0, 0.1) is 6.07 Å². The van der Waals surface area contributed by atoms with Crippen molar-refractivity contribution in [2.45, 2.75) is 0 Å². The number of nitrogens with zero attached hydrogens (tertiary/aromatic N) is 2. The molecule has 0 saturated heterocycles. The molecule has 3 heteroatoms. The Morgan fingerprint density at radius 3 is 3.36 bits per heavy atom. The van der Waals surface area contributed by atoms with Gasteiger partial charge in [-0.15, -0.1) is 0 Å². The van der Waals surface area contributed by atoms with Crippen LogP contribution in [0.5, 0.6) is 0 Å². The first-order valence-electron chi connectivity index (χ1n) is 3.21. The highest BCUT2D eigenvalue weighted by Gasteiger charge is 1.97. The number of hydrogen-bond donors (Lipinski definition) is 0. The molecule has 3 nitrogen and oxygen atoms in total. The standard InChI is InChI=1S/C8H5N2O/c11-6-10-8-4-2-1-3-7(8)5-9-10/h1-2,4-6H. The average molecular weight is 145 g/mol. The molecule has 2 rings (SSSR count). The van der Waals surface area contributed by atoms with Crippen molar-refractivity contribution >= 4 is 17.3 Å². The summed E-state index contributed by atoms with van der Waals surface area (Å²) in [7, 11) is 0. The molecule has 0 bridgehead atoms. The van der Waals surface area contributed by atoms with Crippen LogP contribution >= 0.6 is 0 Å². The van der Waals surface area contributed by atoms with Gasteiger partial charge < -0.3 is 0 Å². The van der Waals surface area contributed by atoms with Crippen molar-refractivity contribution < 1.29 is 4.79 Å². The summed E-state index contributed by atoms with van der Waals surface area (Å²) in [5.74, 6) is 0. The maximum atomic E-state index is 10.4.